The Hall–Kier alpha value is -4.99. The molecule has 0 fully saturated rings. The lowest BCUT2D eigenvalue weighted by Gasteiger charge is -2.29. The van der Waals surface area contributed by atoms with Crippen LogP contribution < -0.4 is 29.6 Å². The quantitative estimate of drug-likeness (QED) is 0.282. The van der Waals surface area contributed by atoms with Crippen LogP contribution in [0.2, 0.25) is 0 Å². The molecule has 0 unspecified atom stereocenters. The largest absolute Gasteiger partial charge is 0.497 e. The number of ether oxygens (including phenoxy) is 4. The van der Waals surface area contributed by atoms with Crippen LogP contribution in [0.25, 0.3) is 0 Å². The van der Waals surface area contributed by atoms with Gasteiger partial charge < -0.3 is 29.6 Å². The number of fused-ring (bicyclic) bond motifs is 1. The fraction of sp³-hybridized carbons (Fsp3) is 0.233. The molecule has 0 radical (unpaired) electrons. The predicted molar refractivity (Wildman–Crippen MR) is 151 cm³/mol. The van der Waals surface area contributed by atoms with Crippen molar-refractivity contribution in [3.05, 3.63) is 95.5 Å². The van der Waals surface area contributed by atoms with E-state index in [2.05, 4.69) is 20.7 Å². The van der Waals surface area contributed by atoms with Gasteiger partial charge in [0.25, 0.3) is 5.91 Å². The highest BCUT2D eigenvalue weighted by molar-refractivity contribution is 6.06. The van der Waals surface area contributed by atoms with Gasteiger partial charge >= 0.3 is 0 Å². The van der Waals surface area contributed by atoms with Gasteiger partial charge in [-0.3, -0.25) is 4.79 Å². The molecule has 5 rings (SSSR count). The zero-order valence-electron chi connectivity index (χ0n) is 22.8. The molecule has 0 saturated carbocycles. The Kier molecular flexibility index (Phi) is 7.86. The van der Waals surface area contributed by atoms with E-state index in [0.717, 1.165) is 11.1 Å². The summed E-state index contributed by atoms with van der Waals surface area (Å²) in [6, 6.07) is 20.2. The number of hydrogen-bond acceptors (Lipinski definition) is 8. The molecule has 1 atom stereocenters. The second-order valence-corrected chi connectivity index (χ2v) is 9.03. The number of carbonyl (C=O) groups excluding carboxylic acids is 1. The van der Waals surface area contributed by atoms with E-state index in [9.17, 15) is 4.79 Å². The van der Waals surface area contributed by atoms with Gasteiger partial charge in [0.05, 0.1) is 32.1 Å². The summed E-state index contributed by atoms with van der Waals surface area (Å²) >= 11 is 0. The summed E-state index contributed by atoms with van der Waals surface area (Å²) in [4.78, 5) is 18.2. The fourth-order valence-electron chi connectivity index (χ4n) is 4.61. The van der Waals surface area contributed by atoms with Gasteiger partial charge in [0.15, 0.2) is 11.5 Å². The second-order valence-electron chi connectivity index (χ2n) is 9.03. The molecule has 0 saturated heterocycles. The molecule has 0 aliphatic carbocycles. The average molecular weight is 542 g/mol. The number of nitrogens with one attached hydrogen (secondary N) is 2. The zero-order valence-corrected chi connectivity index (χ0v) is 22.8. The van der Waals surface area contributed by atoms with Crippen LogP contribution in [0, 0.1) is 0 Å². The van der Waals surface area contributed by atoms with Crippen LogP contribution in [0.5, 0.6) is 23.0 Å². The smallest absolute Gasteiger partial charge is 0.255 e. The Labute approximate surface area is 232 Å². The monoisotopic (exact) mass is 541 g/mol. The minimum absolute atomic E-state index is 0.329. The lowest BCUT2D eigenvalue weighted by atomic mass is 9.94. The molecule has 2 heterocycles. The Balaban J connectivity index is 1.51. The Morgan fingerprint density at radius 1 is 0.975 bits per heavy atom. The summed E-state index contributed by atoms with van der Waals surface area (Å²) < 4.78 is 24.6. The maximum Gasteiger partial charge on any atom is 0.255 e. The van der Waals surface area contributed by atoms with Gasteiger partial charge in [0.1, 0.15) is 30.5 Å². The van der Waals surface area contributed by atoms with Gasteiger partial charge in [0, 0.05) is 11.8 Å². The molecule has 3 aromatic carbocycles. The number of allylic oxidation sites excluding steroid dienone is 1. The van der Waals surface area contributed by atoms with Crippen molar-refractivity contribution in [1.82, 2.24) is 14.8 Å². The number of benzene rings is 3. The number of aromatic nitrogens is 3. The Morgan fingerprint density at radius 3 is 2.52 bits per heavy atom. The Morgan fingerprint density at radius 2 is 1.77 bits per heavy atom. The number of amides is 1. The average Bonchev–Trinajstić information content (AvgIpc) is 3.44. The maximum absolute atomic E-state index is 13.9. The highest BCUT2D eigenvalue weighted by Gasteiger charge is 2.34. The van der Waals surface area contributed by atoms with Crippen molar-refractivity contribution in [1.29, 1.82) is 0 Å². The highest BCUT2D eigenvalue weighted by atomic mass is 16.5. The van der Waals surface area contributed by atoms with Crippen molar-refractivity contribution in [3.8, 4) is 23.0 Å². The summed E-state index contributed by atoms with van der Waals surface area (Å²) in [7, 11) is 3.11. The lowest BCUT2D eigenvalue weighted by molar-refractivity contribution is -0.113. The molecule has 2 N–H and O–H groups in total. The van der Waals surface area contributed by atoms with E-state index in [1.165, 1.54) is 6.33 Å². The first kappa shape index (κ1) is 26.6. The van der Waals surface area contributed by atoms with Gasteiger partial charge in [-0.15, -0.1) is 0 Å². The van der Waals surface area contributed by atoms with Crippen molar-refractivity contribution in [2.24, 2.45) is 0 Å². The van der Waals surface area contributed by atoms with Crippen LogP contribution in [-0.2, 0) is 11.4 Å². The third-order valence-corrected chi connectivity index (χ3v) is 6.51. The molecule has 40 heavy (non-hydrogen) atoms. The van der Waals surface area contributed by atoms with E-state index in [4.69, 9.17) is 18.9 Å². The summed E-state index contributed by atoms with van der Waals surface area (Å²) in [5.41, 5.74) is 3.42. The van der Waals surface area contributed by atoms with E-state index in [1.54, 1.807) is 37.1 Å². The predicted octanol–water partition coefficient (Wildman–Crippen LogP) is 5.20. The molecule has 0 bridgehead atoms. The van der Waals surface area contributed by atoms with E-state index < -0.39 is 6.04 Å². The molecular weight excluding hydrogens is 510 g/mol. The van der Waals surface area contributed by atoms with Gasteiger partial charge in [-0.25, -0.2) is 4.68 Å². The maximum atomic E-state index is 13.9. The van der Waals surface area contributed by atoms with Crippen LogP contribution in [0.3, 0.4) is 0 Å². The number of methoxy groups -OCH3 is 2. The number of anilines is 2. The normalized spacial score (nSPS) is 14.2. The third-order valence-electron chi connectivity index (χ3n) is 6.51. The summed E-state index contributed by atoms with van der Waals surface area (Å²) in [6.07, 6.45) is 1.45. The minimum Gasteiger partial charge on any atom is -0.497 e. The topological polar surface area (TPSA) is 109 Å². The van der Waals surface area contributed by atoms with Crippen LogP contribution >= 0.6 is 0 Å². The van der Waals surface area contributed by atoms with Crippen LogP contribution in [0.4, 0.5) is 11.6 Å². The SMILES string of the molecule is CCOc1cc([C@@H]2C(C(=O)Nc3cc(OC)ccc3OC)=C(C)Nc3ncnn32)ccc1OCc1ccccc1. The third kappa shape index (κ3) is 5.42. The van der Waals surface area contributed by atoms with E-state index in [1.807, 2.05) is 62.4 Å². The standard InChI is InChI=1S/C30H31N5O5/c1-5-39-26-15-21(11-13-25(26)40-17-20-9-7-6-8-10-20)28-27(19(2)33-30-31-18-32-35(28)30)29(36)34-23-16-22(37-3)12-14-24(23)38-4/h6-16,18,28H,5,17H2,1-4H3,(H,34,36)(H,31,32,33)/t28-/m1/s1. The van der Waals surface area contributed by atoms with Gasteiger partial charge in [-0.2, -0.15) is 10.1 Å². The molecule has 1 amide bonds. The number of carbonyl (C=O) groups is 1. The molecule has 0 spiro atoms. The number of rotatable bonds is 10. The van der Waals surface area contributed by atoms with Crippen molar-refractivity contribution >= 4 is 17.5 Å². The lowest BCUT2D eigenvalue weighted by Crippen LogP contribution is -2.31. The molecule has 1 aromatic heterocycles. The minimum atomic E-state index is -0.585. The highest BCUT2D eigenvalue weighted by Crippen LogP contribution is 2.40. The van der Waals surface area contributed by atoms with E-state index in [-0.39, 0.29) is 5.91 Å². The van der Waals surface area contributed by atoms with Crippen molar-refractivity contribution in [2.45, 2.75) is 26.5 Å². The first-order valence-corrected chi connectivity index (χ1v) is 12.9. The molecule has 10 heteroatoms. The number of hydrogen-bond donors (Lipinski definition) is 2. The summed E-state index contributed by atoms with van der Waals surface area (Å²) in [6.45, 7) is 4.60. The van der Waals surface area contributed by atoms with Gasteiger partial charge in [-0.1, -0.05) is 36.4 Å². The van der Waals surface area contributed by atoms with E-state index >= 15 is 0 Å². The van der Waals surface area contributed by atoms with Gasteiger partial charge in [-0.05, 0) is 49.2 Å². The molecular formula is C30H31N5O5. The second kappa shape index (κ2) is 11.8. The van der Waals surface area contributed by atoms with Crippen molar-refractivity contribution in [3.63, 3.8) is 0 Å². The van der Waals surface area contributed by atoms with Crippen LogP contribution in [0.15, 0.2) is 84.3 Å². The molecule has 1 aliphatic rings. The molecule has 4 aromatic rings. The van der Waals surface area contributed by atoms with Crippen molar-refractivity contribution in [2.75, 3.05) is 31.5 Å². The van der Waals surface area contributed by atoms with Crippen molar-refractivity contribution < 1.29 is 23.7 Å². The molecule has 1 aliphatic heterocycles. The summed E-state index contributed by atoms with van der Waals surface area (Å²) in [5.74, 6) is 2.47. The summed E-state index contributed by atoms with van der Waals surface area (Å²) in [5, 5.41) is 10.6. The first-order valence-electron chi connectivity index (χ1n) is 12.9. The fourth-order valence-corrected chi connectivity index (χ4v) is 4.61. The Bertz CT molecular complexity index is 1530. The van der Waals surface area contributed by atoms with Crippen LogP contribution in [-0.4, -0.2) is 41.5 Å². The van der Waals surface area contributed by atoms with Gasteiger partial charge in [0.2, 0.25) is 5.95 Å². The van der Waals surface area contributed by atoms with Crippen LogP contribution in [0.1, 0.15) is 31.0 Å². The molecule has 10 nitrogen and oxygen atoms in total. The number of nitrogens with zero attached hydrogens (tertiary/aromatic N) is 3. The first-order chi connectivity index (χ1) is 19.5. The van der Waals surface area contributed by atoms with E-state index in [0.29, 0.717) is 59.1 Å². The molecule has 206 valence electrons. The zero-order chi connectivity index (χ0) is 28.1.